The maximum atomic E-state index is 9.16. The number of aliphatic hydroxyl groups excluding tert-OH is 1. The van der Waals surface area contributed by atoms with Crippen molar-refractivity contribution in [3.05, 3.63) is 18.3 Å². The molecule has 1 aromatic heterocycles. The monoisotopic (exact) mass is 248 g/mol. The summed E-state index contributed by atoms with van der Waals surface area (Å²) < 4.78 is 0. The van der Waals surface area contributed by atoms with Crippen LogP contribution >= 0.6 is 0 Å². The predicted molar refractivity (Wildman–Crippen MR) is 74.7 cm³/mol. The third kappa shape index (κ3) is 2.56. The van der Waals surface area contributed by atoms with E-state index in [-0.39, 0.29) is 6.61 Å². The van der Waals surface area contributed by atoms with Gasteiger partial charge in [0.25, 0.3) is 0 Å². The highest BCUT2D eigenvalue weighted by atomic mass is 16.3. The second kappa shape index (κ2) is 5.73. The SMILES string of the molecule is CCCCN(CCO)c1cc2[nH]ncc2cc1N. The lowest BCUT2D eigenvalue weighted by Gasteiger charge is -2.25. The molecule has 18 heavy (non-hydrogen) atoms. The lowest BCUT2D eigenvalue weighted by Crippen LogP contribution is -2.28. The van der Waals surface area contributed by atoms with Gasteiger partial charge in [0, 0.05) is 18.5 Å². The van der Waals surface area contributed by atoms with Crippen LogP contribution in [0.15, 0.2) is 18.3 Å². The molecular formula is C13H20N4O. The summed E-state index contributed by atoms with van der Waals surface area (Å²) in [4.78, 5) is 2.12. The van der Waals surface area contributed by atoms with Gasteiger partial charge in [0.05, 0.1) is 29.7 Å². The van der Waals surface area contributed by atoms with Crippen molar-refractivity contribution in [2.24, 2.45) is 0 Å². The van der Waals surface area contributed by atoms with E-state index in [2.05, 4.69) is 22.0 Å². The molecule has 0 saturated carbocycles. The molecule has 4 N–H and O–H groups in total. The average molecular weight is 248 g/mol. The highest BCUT2D eigenvalue weighted by Crippen LogP contribution is 2.28. The molecule has 2 rings (SSSR count). The normalized spacial score (nSPS) is 11.0. The van der Waals surface area contributed by atoms with Gasteiger partial charge in [0.15, 0.2) is 0 Å². The largest absolute Gasteiger partial charge is 0.397 e. The van der Waals surface area contributed by atoms with Gasteiger partial charge in [-0.2, -0.15) is 5.10 Å². The molecule has 1 aromatic carbocycles. The molecule has 0 unspecified atom stereocenters. The molecular weight excluding hydrogens is 228 g/mol. The first kappa shape index (κ1) is 12.7. The lowest BCUT2D eigenvalue weighted by molar-refractivity contribution is 0.301. The first-order valence-corrected chi connectivity index (χ1v) is 6.34. The van der Waals surface area contributed by atoms with Crippen molar-refractivity contribution in [3.8, 4) is 0 Å². The molecule has 5 heteroatoms. The smallest absolute Gasteiger partial charge is 0.0672 e. The summed E-state index contributed by atoms with van der Waals surface area (Å²) in [6.45, 7) is 3.79. The van der Waals surface area contributed by atoms with Crippen LogP contribution in [0.5, 0.6) is 0 Å². The number of anilines is 2. The van der Waals surface area contributed by atoms with Crippen LogP contribution in [-0.4, -0.2) is 35.0 Å². The molecule has 0 aliphatic carbocycles. The van der Waals surface area contributed by atoms with Crippen LogP contribution in [0.1, 0.15) is 19.8 Å². The van der Waals surface area contributed by atoms with Gasteiger partial charge in [-0.1, -0.05) is 13.3 Å². The molecule has 0 atom stereocenters. The van der Waals surface area contributed by atoms with Gasteiger partial charge in [0.1, 0.15) is 0 Å². The molecule has 0 aliphatic rings. The lowest BCUT2D eigenvalue weighted by atomic mass is 10.1. The summed E-state index contributed by atoms with van der Waals surface area (Å²) in [5.74, 6) is 0. The first-order valence-electron chi connectivity index (χ1n) is 6.34. The molecule has 0 amide bonds. The minimum Gasteiger partial charge on any atom is -0.397 e. The summed E-state index contributed by atoms with van der Waals surface area (Å²) >= 11 is 0. The second-order valence-electron chi connectivity index (χ2n) is 4.43. The van der Waals surface area contributed by atoms with Crippen LogP contribution in [0, 0.1) is 0 Å². The van der Waals surface area contributed by atoms with Gasteiger partial charge in [-0.15, -0.1) is 0 Å². The number of unbranched alkanes of at least 4 members (excludes halogenated alkanes) is 1. The molecule has 1 heterocycles. The fourth-order valence-electron chi connectivity index (χ4n) is 2.09. The number of aromatic amines is 1. The third-order valence-corrected chi connectivity index (χ3v) is 3.08. The van der Waals surface area contributed by atoms with Crippen molar-refractivity contribution in [1.29, 1.82) is 0 Å². The number of nitrogen functional groups attached to an aromatic ring is 1. The third-order valence-electron chi connectivity index (χ3n) is 3.08. The number of nitrogens with one attached hydrogen (secondary N) is 1. The molecule has 0 aliphatic heterocycles. The molecule has 0 saturated heterocycles. The fraction of sp³-hybridized carbons (Fsp3) is 0.462. The Bertz CT molecular complexity index is 509. The van der Waals surface area contributed by atoms with E-state index in [0.29, 0.717) is 6.54 Å². The molecule has 0 radical (unpaired) electrons. The maximum Gasteiger partial charge on any atom is 0.0672 e. The molecule has 98 valence electrons. The van der Waals surface area contributed by atoms with Crippen molar-refractivity contribution in [3.63, 3.8) is 0 Å². The number of nitrogens with two attached hydrogens (primary N) is 1. The summed E-state index contributed by atoms with van der Waals surface area (Å²) in [6, 6.07) is 3.92. The van der Waals surface area contributed by atoms with Gasteiger partial charge in [-0.25, -0.2) is 0 Å². The molecule has 2 aromatic rings. The Kier molecular flexibility index (Phi) is 4.04. The first-order chi connectivity index (χ1) is 8.76. The number of rotatable bonds is 6. The van der Waals surface area contributed by atoms with Crippen molar-refractivity contribution in [2.75, 3.05) is 30.3 Å². The topological polar surface area (TPSA) is 78.2 Å². The summed E-state index contributed by atoms with van der Waals surface area (Å²) in [6.07, 6.45) is 3.96. The Morgan fingerprint density at radius 1 is 1.39 bits per heavy atom. The minimum absolute atomic E-state index is 0.129. The van der Waals surface area contributed by atoms with Gasteiger partial charge < -0.3 is 15.7 Å². The van der Waals surface area contributed by atoms with Gasteiger partial charge in [-0.3, -0.25) is 5.10 Å². The van der Waals surface area contributed by atoms with E-state index in [9.17, 15) is 0 Å². The van der Waals surface area contributed by atoms with Gasteiger partial charge >= 0.3 is 0 Å². The summed E-state index contributed by atoms with van der Waals surface area (Å²) in [5, 5.41) is 17.1. The van der Waals surface area contributed by atoms with Crippen LogP contribution in [0.2, 0.25) is 0 Å². The number of aliphatic hydroxyl groups is 1. The highest BCUT2D eigenvalue weighted by Gasteiger charge is 2.11. The predicted octanol–water partition coefficient (Wildman–Crippen LogP) is 1.74. The highest BCUT2D eigenvalue weighted by molar-refractivity contribution is 5.88. The number of fused-ring (bicyclic) bond motifs is 1. The van der Waals surface area contributed by atoms with Crippen molar-refractivity contribution < 1.29 is 5.11 Å². The van der Waals surface area contributed by atoms with Crippen LogP contribution in [0.3, 0.4) is 0 Å². The number of hydrogen-bond donors (Lipinski definition) is 3. The van der Waals surface area contributed by atoms with E-state index in [1.54, 1.807) is 6.20 Å². The van der Waals surface area contributed by atoms with E-state index < -0.39 is 0 Å². The van der Waals surface area contributed by atoms with Crippen molar-refractivity contribution >= 4 is 22.3 Å². The zero-order valence-corrected chi connectivity index (χ0v) is 10.7. The molecule has 0 spiro atoms. The Morgan fingerprint density at radius 3 is 2.94 bits per heavy atom. The Labute approximate surface area is 107 Å². The van der Waals surface area contributed by atoms with E-state index in [0.717, 1.165) is 41.7 Å². The van der Waals surface area contributed by atoms with Gasteiger partial charge in [0.2, 0.25) is 0 Å². The quantitative estimate of drug-likeness (QED) is 0.680. The number of hydrogen-bond acceptors (Lipinski definition) is 4. The maximum absolute atomic E-state index is 9.16. The van der Waals surface area contributed by atoms with Crippen LogP contribution < -0.4 is 10.6 Å². The molecule has 5 nitrogen and oxygen atoms in total. The zero-order valence-electron chi connectivity index (χ0n) is 10.7. The van der Waals surface area contributed by atoms with Gasteiger partial charge in [-0.05, 0) is 18.6 Å². The summed E-state index contributed by atoms with van der Waals surface area (Å²) in [7, 11) is 0. The van der Waals surface area contributed by atoms with Crippen molar-refractivity contribution in [2.45, 2.75) is 19.8 Å². The minimum atomic E-state index is 0.129. The Morgan fingerprint density at radius 2 is 2.22 bits per heavy atom. The molecule has 0 fully saturated rings. The van der Waals surface area contributed by atoms with Crippen LogP contribution in [0.4, 0.5) is 11.4 Å². The molecule has 0 bridgehead atoms. The Hall–Kier alpha value is -1.75. The van der Waals surface area contributed by atoms with Crippen LogP contribution in [-0.2, 0) is 0 Å². The Balaban J connectivity index is 2.32. The number of benzene rings is 1. The van der Waals surface area contributed by atoms with Crippen molar-refractivity contribution in [1.82, 2.24) is 10.2 Å². The average Bonchev–Trinajstić information content (AvgIpc) is 2.80. The second-order valence-corrected chi connectivity index (χ2v) is 4.43. The summed E-state index contributed by atoms with van der Waals surface area (Å²) in [5.41, 5.74) is 8.75. The van der Waals surface area contributed by atoms with E-state index >= 15 is 0 Å². The van der Waals surface area contributed by atoms with Crippen LogP contribution in [0.25, 0.3) is 10.9 Å². The number of nitrogens with zero attached hydrogens (tertiary/aromatic N) is 2. The van der Waals surface area contributed by atoms with E-state index in [1.165, 1.54) is 0 Å². The zero-order chi connectivity index (χ0) is 13.0. The van der Waals surface area contributed by atoms with E-state index in [4.69, 9.17) is 10.8 Å². The standard InChI is InChI=1S/C13H20N4O/c1-2-3-4-17(5-6-18)13-8-12-10(7-11(13)14)9-15-16-12/h7-9,18H,2-6,14H2,1H3,(H,15,16). The number of aromatic nitrogens is 2. The fourth-order valence-corrected chi connectivity index (χ4v) is 2.09. The van der Waals surface area contributed by atoms with E-state index in [1.807, 2.05) is 12.1 Å². The number of H-pyrrole nitrogens is 1.